The second-order valence-corrected chi connectivity index (χ2v) is 2.22. The van der Waals surface area contributed by atoms with Gasteiger partial charge in [0.05, 0.1) is 12.6 Å². The number of ether oxygens (including phenoxy) is 2. The average Bonchev–Trinajstić information content (AvgIpc) is 2.58. The van der Waals surface area contributed by atoms with Crippen molar-refractivity contribution in [3.63, 3.8) is 0 Å². The fourth-order valence-electron chi connectivity index (χ4n) is 0.888. The molecular formula is C5H7NO3. The number of hydrogen-bond acceptors (Lipinski definition) is 3. The molecular weight excluding hydrogens is 122 g/mol. The lowest BCUT2D eigenvalue weighted by molar-refractivity contribution is 0.176. The summed E-state index contributed by atoms with van der Waals surface area (Å²) in [5, 5.41) is 2.63. The van der Waals surface area contributed by atoms with Gasteiger partial charge in [0.2, 0.25) is 0 Å². The summed E-state index contributed by atoms with van der Waals surface area (Å²) in [4.78, 5) is 10.4. The van der Waals surface area contributed by atoms with E-state index in [4.69, 9.17) is 4.74 Å². The summed E-state index contributed by atoms with van der Waals surface area (Å²) in [5.74, 6) is 0. The topological polar surface area (TPSA) is 50.9 Å². The Morgan fingerprint density at radius 1 is 1.56 bits per heavy atom. The van der Waals surface area contributed by atoms with Crippen molar-refractivity contribution in [2.75, 3.05) is 13.2 Å². The van der Waals surface area contributed by atoms with E-state index in [0.29, 0.717) is 6.61 Å². The highest BCUT2D eigenvalue weighted by molar-refractivity contribution is 5.69. The third kappa shape index (κ3) is 0.853. The summed E-state index contributed by atoms with van der Waals surface area (Å²) in [7, 11) is 0. The van der Waals surface area contributed by atoms with Crippen LogP contribution in [-0.4, -0.2) is 31.5 Å². The Hall–Kier alpha value is -0.770. The molecule has 4 nitrogen and oxygen atoms in total. The summed E-state index contributed by atoms with van der Waals surface area (Å²) in [6, 6.07) is 0.109. The number of cyclic esters (lactones) is 1. The van der Waals surface area contributed by atoms with Crippen molar-refractivity contribution in [3.8, 4) is 0 Å². The molecule has 2 aliphatic rings. The van der Waals surface area contributed by atoms with Crippen LogP contribution in [0.15, 0.2) is 0 Å². The predicted octanol–water partition coefficient (Wildman–Crippen LogP) is -0.506. The smallest absolute Gasteiger partial charge is 0.407 e. The molecule has 2 saturated heterocycles. The van der Waals surface area contributed by atoms with Crippen LogP contribution in [-0.2, 0) is 9.47 Å². The van der Waals surface area contributed by atoms with Crippen molar-refractivity contribution in [3.05, 3.63) is 0 Å². The van der Waals surface area contributed by atoms with Gasteiger partial charge in [-0.3, -0.25) is 0 Å². The summed E-state index contributed by atoms with van der Waals surface area (Å²) >= 11 is 0. The standard InChI is InChI=1S/C5H7NO3/c7-5-6-3(1-9-5)4-2-8-4/h3-4H,1-2H2,(H,6,7)/t3-,4-/m0/s1. The van der Waals surface area contributed by atoms with Crippen LogP contribution >= 0.6 is 0 Å². The van der Waals surface area contributed by atoms with Crippen molar-refractivity contribution in [2.24, 2.45) is 0 Å². The summed E-state index contributed by atoms with van der Waals surface area (Å²) in [6.45, 7) is 1.22. The number of nitrogens with one attached hydrogen (secondary N) is 1. The monoisotopic (exact) mass is 129 g/mol. The number of amides is 1. The SMILES string of the molecule is O=C1N[C@H]([C@@H]2CO2)CO1. The maximum atomic E-state index is 10.4. The molecule has 1 amide bonds. The molecule has 2 fully saturated rings. The lowest BCUT2D eigenvalue weighted by Crippen LogP contribution is -2.31. The van der Waals surface area contributed by atoms with E-state index < -0.39 is 0 Å². The second-order valence-electron chi connectivity index (χ2n) is 2.22. The molecule has 0 aliphatic carbocycles. The van der Waals surface area contributed by atoms with E-state index in [-0.39, 0.29) is 18.2 Å². The van der Waals surface area contributed by atoms with Gasteiger partial charge in [0.25, 0.3) is 0 Å². The van der Waals surface area contributed by atoms with Crippen LogP contribution < -0.4 is 5.32 Å². The van der Waals surface area contributed by atoms with Gasteiger partial charge in [0, 0.05) is 0 Å². The molecule has 50 valence electrons. The van der Waals surface area contributed by atoms with E-state index in [1.54, 1.807) is 0 Å². The van der Waals surface area contributed by atoms with Crippen LogP contribution in [0.4, 0.5) is 4.79 Å². The third-order valence-electron chi connectivity index (χ3n) is 1.51. The lowest BCUT2D eigenvalue weighted by Gasteiger charge is -1.98. The lowest BCUT2D eigenvalue weighted by atomic mass is 10.2. The highest BCUT2D eigenvalue weighted by atomic mass is 16.6. The third-order valence-corrected chi connectivity index (χ3v) is 1.51. The van der Waals surface area contributed by atoms with Gasteiger partial charge in [-0.25, -0.2) is 4.79 Å². The van der Waals surface area contributed by atoms with Crippen LogP contribution in [0.3, 0.4) is 0 Å². The molecule has 0 aromatic heterocycles. The van der Waals surface area contributed by atoms with Gasteiger partial charge in [-0.15, -0.1) is 0 Å². The number of alkyl carbamates (subject to hydrolysis) is 1. The fourth-order valence-corrected chi connectivity index (χ4v) is 0.888. The van der Waals surface area contributed by atoms with Gasteiger partial charge in [-0.1, -0.05) is 0 Å². The minimum Gasteiger partial charge on any atom is -0.447 e. The molecule has 4 heteroatoms. The molecule has 0 unspecified atom stereocenters. The number of hydrogen-bond donors (Lipinski definition) is 1. The van der Waals surface area contributed by atoms with E-state index >= 15 is 0 Å². The Labute approximate surface area is 52.1 Å². The summed E-state index contributed by atoms with van der Waals surface area (Å²) < 4.78 is 9.58. The molecule has 2 atom stereocenters. The maximum Gasteiger partial charge on any atom is 0.407 e. The van der Waals surface area contributed by atoms with Gasteiger partial charge in [0.15, 0.2) is 0 Å². The normalized spacial score (nSPS) is 39.8. The van der Waals surface area contributed by atoms with Crippen molar-refractivity contribution in [1.82, 2.24) is 5.32 Å². The molecule has 9 heavy (non-hydrogen) atoms. The Morgan fingerprint density at radius 3 is 2.78 bits per heavy atom. The minimum absolute atomic E-state index is 0.109. The highest BCUT2D eigenvalue weighted by Crippen LogP contribution is 2.16. The first kappa shape index (κ1) is 5.05. The molecule has 0 aromatic carbocycles. The van der Waals surface area contributed by atoms with Gasteiger partial charge in [0.1, 0.15) is 12.7 Å². The average molecular weight is 129 g/mol. The van der Waals surface area contributed by atoms with Crippen LogP contribution in [0.25, 0.3) is 0 Å². The molecule has 0 radical (unpaired) electrons. The number of rotatable bonds is 1. The van der Waals surface area contributed by atoms with E-state index in [9.17, 15) is 4.79 Å². The number of carbonyl (C=O) groups excluding carboxylic acids is 1. The van der Waals surface area contributed by atoms with Gasteiger partial charge >= 0.3 is 6.09 Å². The Kier molecular flexibility index (Phi) is 0.900. The Balaban J connectivity index is 1.92. The molecule has 2 aliphatic heterocycles. The van der Waals surface area contributed by atoms with Crippen molar-refractivity contribution in [2.45, 2.75) is 12.1 Å². The summed E-state index contributed by atoms with van der Waals surface area (Å²) in [6.07, 6.45) is -0.105. The first-order valence-electron chi connectivity index (χ1n) is 2.91. The second kappa shape index (κ2) is 1.60. The maximum absolute atomic E-state index is 10.4. The zero-order valence-electron chi connectivity index (χ0n) is 4.79. The van der Waals surface area contributed by atoms with Gasteiger partial charge in [-0.2, -0.15) is 0 Å². The molecule has 2 rings (SSSR count). The molecule has 0 bridgehead atoms. The molecule has 1 N–H and O–H groups in total. The van der Waals surface area contributed by atoms with Crippen molar-refractivity contribution >= 4 is 6.09 Å². The molecule has 0 saturated carbocycles. The van der Waals surface area contributed by atoms with Crippen LogP contribution in [0.1, 0.15) is 0 Å². The Morgan fingerprint density at radius 2 is 2.33 bits per heavy atom. The van der Waals surface area contributed by atoms with E-state index in [0.717, 1.165) is 6.61 Å². The molecule has 0 spiro atoms. The Bertz CT molecular complexity index is 143. The largest absolute Gasteiger partial charge is 0.447 e. The quantitative estimate of drug-likeness (QED) is 0.485. The van der Waals surface area contributed by atoms with Crippen molar-refractivity contribution in [1.29, 1.82) is 0 Å². The molecule has 2 heterocycles. The van der Waals surface area contributed by atoms with E-state index in [2.05, 4.69) is 10.1 Å². The number of epoxide rings is 1. The highest BCUT2D eigenvalue weighted by Gasteiger charge is 2.38. The van der Waals surface area contributed by atoms with E-state index in [1.165, 1.54) is 0 Å². The minimum atomic E-state index is -0.324. The zero-order valence-corrected chi connectivity index (χ0v) is 4.79. The van der Waals surface area contributed by atoms with Crippen molar-refractivity contribution < 1.29 is 14.3 Å². The van der Waals surface area contributed by atoms with Crippen LogP contribution in [0.5, 0.6) is 0 Å². The first-order chi connectivity index (χ1) is 4.36. The predicted molar refractivity (Wildman–Crippen MR) is 28.0 cm³/mol. The number of carbonyl (C=O) groups is 1. The fraction of sp³-hybridized carbons (Fsp3) is 0.800. The van der Waals surface area contributed by atoms with E-state index in [1.807, 2.05) is 0 Å². The van der Waals surface area contributed by atoms with Crippen LogP contribution in [0, 0.1) is 0 Å². The van der Waals surface area contributed by atoms with Crippen LogP contribution in [0.2, 0.25) is 0 Å². The van der Waals surface area contributed by atoms with Gasteiger partial charge < -0.3 is 14.8 Å². The first-order valence-corrected chi connectivity index (χ1v) is 2.91. The zero-order chi connectivity index (χ0) is 6.27. The molecule has 0 aromatic rings. The van der Waals surface area contributed by atoms with Gasteiger partial charge in [-0.05, 0) is 0 Å². The summed E-state index contributed by atoms with van der Waals surface area (Å²) in [5.41, 5.74) is 0.